The maximum Gasteiger partial charge on any atom is 0.422 e. The Hall–Kier alpha value is -2.59. The first kappa shape index (κ1) is 16.8. The van der Waals surface area contributed by atoms with Crippen LogP contribution >= 0.6 is 0 Å². The van der Waals surface area contributed by atoms with Crippen molar-refractivity contribution in [3.63, 3.8) is 0 Å². The Kier molecular flexibility index (Phi) is 5.55. The third-order valence-corrected chi connectivity index (χ3v) is 2.92. The molecule has 0 bridgehead atoms. The second-order valence-corrected chi connectivity index (χ2v) is 4.82. The lowest BCUT2D eigenvalue weighted by Crippen LogP contribution is -2.20. The van der Waals surface area contributed by atoms with Crippen LogP contribution in [0.4, 0.5) is 13.2 Å². The topological polar surface area (TPSA) is 57.9 Å². The van der Waals surface area contributed by atoms with E-state index in [2.05, 4.69) is 15.0 Å². The van der Waals surface area contributed by atoms with E-state index in [1.165, 1.54) is 12.3 Å². The number of benzene rings is 1. The Labute approximate surface area is 131 Å². The number of ether oxygens (including phenoxy) is 1. The van der Waals surface area contributed by atoms with E-state index in [9.17, 15) is 13.2 Å². The molecule has 0 aliphatic rings. The SMILES string of the molecule is N#Cc1ccc(CNCc2ccnc(OCC(F)(F)F)c2)cc1. The summed E-state index contributed by atoms with van der Waals surface area (Å²) in [4.78, 5) is 3.75. The molecule has 1 aromatic heterocycles. The van der Waals surface area contributed by atoms with Gasteiger partial charge in [0.25, 0.3) is 0 Å². The Bertz CT molecular complexity index is 678. The summed E-state index contributed by atoms with van der Waals surface area (Å²) in [7, 11) is 0. The van der Waals surface area contributed by atoms with Crippen LogP contribution in [-0.4, -0.2) is 17.8 Å². The highest BCUT2D eigenvalue weighted by Crippen LogP contribution is 2.17. The van der Waals surface area contributed by atoms with E-state index >= 15 is 0 Å². The van der Waals surface area contributed by atoms with Crippen LogP contribution in [0.1, 0.15) is 16.7 Å². The summed E-state index contributed by atoms with van der Waals surface area (Å²) in [5.41, 5.74) is 2.37. The van der Waals surface area contributed by atoms with Gasteiger partial charge in [-0.1, -0.05) is 12.1 Å². The Morgan fingerprint density at radius 1 is 1.09 bits per heavy atom. The third-order valence-electron chi connectivity index (χ3n) is 2.92. The van der Waals surface area contributed by atoms with Crippen LogP contribution in [0.5, 0.6) is 5.88 Å². The van der Waals surface area contributed by atoms with Gasteiger partial charge >= 0.3 is 6.18 Å². The zero-order valence-corrected chi connectivity index (χ0v) is 12.1. The number of nitrogens with one attached hydrogen (secondary N) is 1. The largest absolute Gasteiger partial charge is 0.468 e. The molecule has 0 atom stereocenters. The van der Waals surface area contributed by atoms with Crippen molar-refractivity contribution in [3.8, 4) is 11.9 Å². The molecule has 0 spiro atoms. The molecule has 1 N–H and O–H groups in total. The predicted octanol–water partition coefficient (Wildman–Crippen LogP) is 3.18. The summed E-state index contributed by atoms with van der Waals surface area (Å²) in [6, 6.07) is 12.4. The molecule has 1 aromatic carbocycles. The van der Waals surface area contributed by atoms with Crippen LogP contribution in [-0.2, 0) is 13.1 Å². The Morgan fingerprint density at radius 3 is 2.43 bits per heavy atom. The second-order valence-electron chi connectivity index (χ2n) is 4.82. The van der Waals surface area contributed by atoms with Gasteiger partial charge in [0.1, 0.15) is 0 Å². The maximum absolute atomic E-state index is 12.1. The average molecular weight is 321 g/mol. The minimum absolute atomic E-state index is 0.0556. The highest BCUT2D eigenvalue weighted by atomic mass is 19.4. The van der Waals surface area contributed by atoms with E-state index < -0.39 is 12.8 Å². The molecule has 23 heavy (non-hydrogen) atoms. The number of nitrogens with zero attached hydrogens (tertiary/aromatic N) is 2. The molecular weight excluding hydrogens is 307 g/mol. The van der Waals surface area contributed by atoms with Crippen LogP contribution in [0, 0.1) is 11.3 Å². The zero-order chi connectivity index (χ0) is 16.7. The molecule has 0 unspecified atom stereocenters. The highest BCUT2D eigenvalue weighted by Gasteiger charge is 2.28. The van der Waals surface area contributed by atoms with Crippen LogP contribution in [0.15, 0.2) is 42.6 Å². The second kappa shape index (κ2) is 7.61. The number of halogens is 3. The number of nitriles is 1. The lowest BCUT2D eigenvalue weighted by molar-refractivity contribution is -0.154. The molecule has 0 fully saturated rings. The molecule has 1 heterocycles. The van der Waals surface area contributed by atoms with Gasteiger partial charge in [-0.2, -0.15) is 18.4 Å². The molecule has 0 aliphatic carbocycles. The fraction of sp³-hybridized carbons (Fsp3) is 0.250. The standard InChI is InChI=1S/C16H14F3N3O/c17-16(18,19)11-23-15-7-14(5-6-22-15)10-21-9-13-3-1-12(8-20)2-4-13/h1-7,21H,9-11H2. The zero-order valence-electron chi connectivity index (χ0n) is 12.1. The molecule has 0 aliphatic heterocycles. The summed E-state index contributed by atoms with van der Waals surface area (Å²) in [5.74, 6) is -0.0556. The van der Waals surface area contributed by atoms with Crippen molar-refractivity contribution in [2.24, 2.45) is 0 Å². The smallest absolute Gasteiger partial charge is 0.422 e. The average Bonchev–Trinajstić information content (AvgIpc) is 2.53. The van der Waals surface area contributed by atoms with E-state index in [-0.39, 0.29) is 5.88 Å². The molecule has 0 radical (unpaired) electrons. The number of rotatable bonds is 6. The Balaban J connectivity index is 1.84. The lowest BCUT2D eigenvalue weighted by atomic mass is 10.1. The molecular formula is C16H14F3N3O. The van der Waals surface area contributed by atoms with Crippen LogP contribution < -0.4 is 10.1 Å². The van der Waals surface area contributed by atoms with Gasteiger partial charge in [0.2, 0.25) is 5.88 Å². The lowest BCUT2D eigenvalue weighted by Gasteiger charge is -2.10. The summed E-state index contributed by atoms with van der Waals surface area (Å²) >= 11 is 0. The van der Waals surface area contributed by atoms with Gasteiger partial charge in [0, 0.05) is 25.4 Å². The third kappa shape index (κ3) is 5.96. The van der Waals surface area contributed by atoms with Crippen LogP contribution in [0.3, 0.4) is 0 Å². The normalized spacial score (nSPS) is 11.0. The fourth-order valence-electron chi connectivity index (χ4n) is 1.84. The first-order valence-corrected chi connectivity index (χ1v) is 6.80. The summed E-state index contributed by atoms with van der Waals surface area (Å²) in [5, 5.41) is 11.9. The van der Waals surface area contributed by atoms with Crippen molar-refractivity contribution in [1.29, 1.82) is 5.26 Å². The maximum atomic E-state index is 12.1. The molecule has 2 rings (SSSR count). The van der Waals surface area contributed by atoms with Crippen molar-refractivity contribution in [2.45, 2.75) is 19.3 Å². The van der Waals surface area contributed by atoms with Gasteiger partial charge in [0.05, 0.1) is 11.6 Å². The Morgan fingerprint density at radius 2 is 1.78 bits per heavy atom. The van der Waals surface area contributed by atoms with Crippen molar-refractivity contribution in [1.82, 2.24) is 10.3 Å². The van der Waals surface area contributed by atoms with Gasteiger partial charge < -0.3 is 10.1 Å². The first-order chi connectivity index (χ1) is 11.0. The predicted molar refractivity (Wildman–Crippen MR) is 77.5 cm³/mol. The van der Waals surface area contributed by atoms with Gasteiger partial charge in [-0.3, -0.25) is 0 Å². The van der Waals surface area contributed by atoms with Crippen LogP contribution in [0.2, 0.25) is 0 Å². The minimum Gasteiger partial charge on any atom is -0.468 e. The van der Waals surface area contributed by atoms with Gasteiger partial charge in [0.15, 0.2) is 6.61 Å². The number of pyridine rings is 1. The molecule has 0 saturated heterocycles. The molecule has 4 nitrogen and oxygen atoms in total. The van der Waals surface area contributed by atoms with E-state index in [4.69, 9.17) is 5.26 Å². The quantitative estimate of drug-likeness (QED) is 0.888. The molecule has 120 valence electrons. The van der Waals surface area contributed by atoms with Crippen molar-refractivity contribution >= 4 is 0 Å². The summed E-state index contributed by atoms with van der Waals surface area (Å²) in [6.07, 6.45) is -2.98. The van der Waals surface area contributed by atoms with Crippen LogP contribution in [0.25, 0.3) is 0 Å². The van der Waals surface area contributed by atoms with E-state index in [0.717, 1.165) is 11.1 Å². The first-order valence-electron chi connectivity index (χ1n) is 6.80. The molecule has 0 amide bonds. The molecule has 0 saturated carbocycles. The monoisotopic (exact) mass is 321 g/mol. The van der Waals surface area contributed by atoms with Crippen molar-refractivity contribution in [3.05, 3.63) is 59.3 Å². The van der Waals surface area contributed by atoms with Crippen molar-refractivity contribution in [2.75, 3.05) is 6.61 Å². The minimum atomic E-state index is -4.38. The number of hydrogen-bond donors (Lipinski definition) is 1. The number of alkyl halides is 3. The number of aromatic nitrogens is 1. The fourth-order valence-corrected chi connectivity index (χ4v) is 1.84. The highest BCUT2D eigenvalue weighted by molar-refractivity contribution is 5.31. The van der Waals surface area contributed by atoms with Crippen molar-refractivity contribution < 1.29 is 17.9 Å². The summed E-state index contributed by atoms with van der Waals surface area (Å²) < 4.78 is 40.9. The van der Waals surface area contributed by atoms with E-state index in [1.54, 1.807) is 18.2 Å². The number of hydrogen-bond acceptors (Lipinski definition) is 4. The summed E-state index contributed by atoms with van der Waals surface area (Å²) in [6.45, 7) is -0.320. The molecule has 2 aromatic rings. The van der Waals surface area contributed by atoms with Gasteiger partial charge in [-0.05, 0) is 29.3 Å². The van der Waals surface area contributed by atoms with E-state index in [1.807, 2.05) is 18.2 Å². The van der Waals surface area contributed by atoms with Gasteiger partial charge in [-0.15, -0.1) is 0 Å². The molecule has 7 heteroatoms. The van der Waals surface area contributed by atoms with E-state index in [0.29, 0.717) is 18.7 Å². The van der Waals surface area contributed by atoms with Gasteiger partial charge in [-0.25, -0.2) is 4.98 Å².